The second kappa shape index (κ2) is 15.0. The summed E-state index contributed by atoms with van der Waals surface area (Å²) in [4.78, 5) is 20.7. The molecule has 0 aliphatic carbocycles. The van der Waals surface area contributed by atoms with Crippen molar-refractivity contribution in [3.05, 3.63) is 83.9 Å². The molecule has 1 aliphatic heterocycles. The fraction of sp³-hybridized carbons (Fsp3) is 0.333. The van der Waals surface area contributed by atoms with Crippen molar-refractivity contribution in [3.8, 4) is 22.8 Å². The van der Waals surface area contributed by atoms with Crippen LogP contribution >= 0.6 is 0 Å². The van der Waals surface area contributed by atoms with Crippen molar-refractivity contribution in [1.82, 2.24) is 9.47 Å². The van der Waals surface area contributed by atoms with Crippen molar-refractivity contribution in [2.75, 3.05) is 33.4 Å². The normalized spacial score (nSPS) is 13.0. The standard InChI is InChI=1S/C31H36N2O3.C2H2O4/c1-35-31-20-24(10-11-27(31)23-32-16-4-5-17-32)22-33-29-9-3-2-8-26(29)21-30(33)25-12-14-28(15-13-25)36-19-7-6-18-34;3-1(4)2(5)6/h2-3,8-15,20-21,34H,4-7,16-19,22-23H2,1H3;(H,3,4)(H,5,6). The molecule has 0 unspecified atom stereocenters. The SMILES string of the molecule is COc1cc(Cn2c(-c3ccc(OCCCCO)cc3)cc3ccccc32)ccc1CN1CCCC1.O=C(O)C(=O)O. The molecular formula is C33H38N2O7. The summed E-state index contributed by atoms with van der Waals surface area (Å²) in [6.45, 7) is 4.90. The predicted octanol–water partition coefficient (Wildman–Crippen LogP) is 5.27. The highest BCUT2D eigenvalue weighted by molar-refractivity contribution is 6.27. The first kappa shape index (κ1) is 30.6. The van der Waals surface area contributed by atoms with Gasteiger partial charge >= 0.3 is 11.9 Å². The summed E-state index contributed by atoms with van der Waals surface area (Å²) < 4.78 is 14.0. The van der Waals surface area contributed by atoms with Gasteiger partial charge in [0.15, 0.2) is 0 Å². The highest BCUT2D eigenvalue weighted by Gasteiger charge is 2.16. The topological polar surface area (TPSA) is 121 Å². The lowest BCUT2D eigenvalue weighted by atomic mass is 10.1. The van der Waals surface area contributed by atoms with Crippen molar-refractivity contribution >= 4 is 22.8 Å². The van der Waals surface area contributed by atoms with E-state index in [2.05, 4.69) is 70.1 Å². The summed E-state index contributed by atoms with van der Waals surface area (Å²) >= 11 is 0. The number of fused-ring (bicyclic) bond motifs is 1. The number of unbranched alkanes of at least 4 members (excludes halogenated alkanes) is 1. The number of aliphatic hydroxyl groups excluding tert-OH is 1. The maximum absolute atomic E-state index is 9.10. The molecule has 9 nitrogen and oxygen atoms in total. The predicted molar refractivity (Wildman–Crippen MR) is 161 cm³/mol. The monoisotopic (exact) mass is 574 g/mol. The van der Waals surface area contributed by atoms with Gasteiger partial charge in [-0.1, -0.05) is 30.3 Å². The molecular weight excluding hydrogens is 536 g/mol. The highest BCUT2D eigenvalue weighted by Crippen LogP contribution is 2.31. The molecule has 3 N–H and O–H groups in total. The van der Waals surface area contributed by atoms with E-state index >= 15 is 0 Å². The average molecular weight is 575 g/mol. The van der Waals surface area contributed by atoms with Crippen LogP contribution in [-0.4, -0.2) is 70.1 Å². The van der Waals surface area contributed by atoms with Crippen LogP contribution in [0.25, 0.3) is 22.2 Å². The molecule has 1 saturated heterocycles. The van der Waals surface area contributed by atoms with Crippen LogP contribution < -0.4 is 9.47 Å². The molecule has 222 valence electrons. The van der Waals surface area contributed by atoms with Crippen LogP contribution in [0.3, 0.4) is 0 Å². The van der Waals surface area contributed by atoms with Crippen LogP contribution in [-0.2, 0) is 22.7 Å². The number of hydrogen-bond acceptors (Lipinski definition) is 6. The Morgan fingerprint density at radius 1 is 0.857 bits per heavy atom. The van der Waals surface area contributed by atoms with Crippen LogP contribution in [0.4, 0.5) is 0 Å². The second-order valence-corrected chi connectivity index (χ2v) is 10.2. The minimum absolute atomic E-state index is 0.208. The molecule has 0 saturated carbocycles. The van der Waals surface area contributed by atoms with E-state index in [0.29, 0.717) is 6.61 Å². The van der Waals surface area contributed by atoms with Crippen LogP contribution in [0, 0.1) is 0 Å². The first-order chi connectivity index (χ1) is 20.4. The summed E-state index contributed by atoms with van der Waals surface area (Å²) in [5, 5.41) is 25.0. The Labute approximate surface area is 245 Å². The zero-order chi connectivity index (χ0) is 29.9. The number of para-hydroxylation sites is 1. The molecule has 9 heteroatoms. The Morgan fingerprint density at radius 2 is 1.57 bits per heavy atom. The smallest absolute Gasteiger partial charge is 0.414 e. The van der Waals surface area contributed by atoms with Crippen molar-refractivity contribution in [3.63, 3.8) is 0 Å². The molecule has 1 fully saturated rings. The number of nitrogens with zero attached hydrogens (tertiary/aromatic N) is 2. The molecule has 0 bridgehead atoms. The number of aliphatic carboxylic acids is 2. The second-order valence-electron chi connectivity index (χ2n) is 10.2. The van der Waals surface area contributed by atoms with Crippen LogP contribution in [0.15, 0.2) is 72.8 Å². The summed E-state index contributed by atoms with van der Waals surface area (Å²) in [5.74, 6) is -1.82. The first-order valence-electron chi connectivity index (χ1n) is 14.2. The Morgan fingerprint density at radius 3 is 2.24 bits per heavy atom. The van der Waals surface area contributed by atoms with Crippen LogP contribution in [0.5, 0.6) is 11.5 Å². The molecule has 42 heavy (non-hydrogen) atoms. The highest BCUT2D eigenvalue weighted by atomic mass is 16.5. The van der Waals surface area contributed by atoms with E-state index in [1.807, 2.05) is 12.1 Å². The van der Waals surface area contributed by atoms with Crippen molar-refractivity contribution in [2.24, 2.45) is 0 Å². The third kappa shape index (κ3) is 8.11. The van der Waals surface area contributed by atoms with Gasteiger partial charge in [-0.3, -0.25) is 4.90 Å². The molecule has 0 atom stereocenters. The van der Waals surface area contributed by atoms with Gasteiger partial charge in [0.05, 0.1) is 13.7 Å². The van der Waals surface area contributed by atoms with E-state index in [1.54, 1.807) is 7.11 Å². The van der Waals surface area contributed by atoms with Crippen molar-refractivity contribution in [1.29, 1.82) is 0 Å². The molecule has 0 spiro atoms. The van der Waals surface area contributed by atoms with E-state index in [0.717, 1.165) is 43.0 Å². The number of carboxylic acid groups (broad SMARTS) is 2. The number of aromatic nitrogens is 1. The van der Waals surface area contributed by atoms with Crippen LogP contribution in [0.2, 0.25) is 0 Å². The number of hydrogen-bond donors (Lipinski definition) is 3. The third-order valence-corrected chi connectivity index (χ3v) is 7.25. The third-order valence-electron chi connectivity index (χ3n) is 7.25. The quantitative estimate of drug-likeness (QED) is 0.164. The van der Waals surface area contributed by atoms with Gasteiger partial charge in [-0.25, -0.2) is 9.59 Å². The molecule has 4 aromatic rings. The summed E-state index contributed by atoms with van der Waals surface area (Å²) in [6, 6.07) is 25.8. The zero-order valence-electron chi connectivity index (χ0n) is 23.9. The van der Waals surface area contributed by atoms with E-state index in [4.69, 9.17) is 34.4 Å². The lowest BCUT2D eigenvalue weighted by Gasteiger charge is -2.18. The summed E-state index contributed by atoms with van der Waals surface area (Å²) in [6.07, 6.45) is 4.20. The molecule has 2 heterocycles. The molecule has 0 amide bonds. The van der Waals surface area contributed by atoms with Gasteiger partial charge in [0, 0.05) is 41.9 Å². The number of carbonyl (C=O) groups is 2. The van der Waals surface area contributed by atoms with Crippen molar-refractivity contribution < 1.29 is 34.4 Å². The van der Waals surface area contributed by atoms with E-state index in [-0.39, 0.29) is 6.61 Å². The number of carboxylic acids is 2. The Bertz CT molecular complexity index is 1460. The van der Waals surface area contributed by atoms with Crippen LogP contribution in [0.1, 0.15) is 36.8 Å². The fourth-order valence-electron chi connectivity index (χ4n) is 5.13. The zero-order valence-corrected chi connectivity index (χ0v) is 23.9. The molecule has 1 aliphatic rings. The fourth-order valence-corrected chi connectivity index (χ4v) is 5.13. The maximum Gasteiger partial charge on any atom is 0.414 e. The van der Waals surface area contributed by atoms with Gasteiger partial charge in [-0.15, -0.1) is 0 Å². The largest absolute Gasteiger partial charge is 0.496 e. The van der Waals surface area contributed by atoms with Gasteiger partial charge in [-0.05, 0) is 92.4 Å². The number of methoxy groups -OCH3 is 1. The van der Waals surface area contributed by atoms with Gasteiger partial charge < -0.3 is 29.4 Å². The number of ether oxygens (including phenoxy) is 2. The Kier molecular flexibility index (Phi) is 11.0. The van der Waals surface area contributed by atoms with Gasteiger partial charge in [-0.2, -0.15) is 0 Å². The first-order valence-corrected chi connectivity index (χ1v) is 14.2. The lowest BCUT2D eigenvalue weighted by Crippen LogP contribution is -2.18. The number of benzene rings is 3. The summed E-state index contributed by atoms with van der Waals surface area (Å²) in [5.41, 5.74) is 6.05. The van der Waals surface area contributed by atoms with Gasteiger partial charge in [0.1, 0.15) is 11.5 Å². The van der Waals surface area contributed by atoms with Gasteiger partial charge in [0.25, 0.3) is 0 Å². The lowest BCUT2D eigenvalue weighted by molar-refractivity contribution is -0.159. The Hall–Kier alpha value is -4.34. The number of rotatable bonds is 11. The summed E-state index contributed by atoms with van der Waals surface area (Å²) in [7, 11) is 1.77. The number of aliphatic hydroxyl groups is 1. The van der Waals surface area contributed by atoms with E-state index in [1.165, 1.54) is 53.7 Å². The Balaban J connectivity index is 0.000000612. The maximum atomic E-state index is 9.10. The van der Waals surface area contributed by atoms with Gasteiger partial charge in [0.2, 0.25) is 0 Å². The molecule has 5 rings (SSSR count). The number of likely N-dealkylation sites (tertiary alicyclic amines) is 1. The molecule has 1 aromatic heterocycles. The van der Waals surface area contributed by atoms with E-state index in [9.17, 15) is 0 Å². The molecule has 0 radical (unpaired) electrons. The minimum Gasteiger partial charge on any atom is -0.496 e. The van der Waals surface area contributed by atoms with Crippen molar-refractivity contribution in [2.45, 2.75) is 38.8 Å². The minimum atomic E-state index is -1.82. The molecule has 3 aromatic carbocycles. The van der Waals surface area contributed by atoms with E-state index < -0.39 is 11.9 Å². The average Bonchev–Trinajstić information content (AvgIpc) is 3.65.